The number of benzene rings is 1. The molecule has 0 radical (unpaired) electrons. The molecular weight excluding hydrogens is 210 g/mol. The number of aryl methyl sites for hydroxylation is 1. The molecule has 17 heavy (non-hydrogen) atoms. The van der Waals surface area contributed by atoms with Gasteiger partial charge in [0.05, 0.1) is 12.7 Å². The van der Waals surface area contributed by atoms with Gasteiger partial charge >= 0.3 is 0 Å². The molecule has 0 saturated heterocycles. The maximum Gasteiger partial charge on any atom is 0.0730 e. The van der Waals surface area contributed by atoms with Crippen LogP contribution in [0, 0.1) is 6.92 Å². The van der Waals surface area contributed by atoms with Gasteiger partial charge in [0.1, 0.15) is 0 Å². The Morgan fingerprint density at radius 3 is 2.59 bits per heavy atom. The first-order chi connectivity index (χ1) is 8.25. The first-order valence-electron chi connectivity index (χ1n) is 6.68. The van der Waals surface area contributed by atoms with Gasteiger partial charge in [-0.3, -0.25) is 0 Å². The largest absolute Gasteiger partial charge is 0.372 e. The Kier molecular flexibility index (Phi) is 4.57. The standard InChI is InChI=1S/C15H23NO/c1-12-7-9-13(10-8-12)11-17-15-6-4-2-3-5-14(15)16/h7-10,14-15H,2-6,11,16H2,1H3. The van der Waals surface area contributed by atoms with Gasteiger partial charge in [-0.1, -0.05) is 49.1 Å². The van der Waals surface area contributed by atoms with Crippen LogP contribution in [0.2, 0.25) is 0 Å². The summed E-state index contributed by atoms with van der Waals surface area (Å²) in [5.74, 6) is 0. The second-order valence-corrected chi connectivity index (χ2v) is 5.14. The highest BCUT2D eigenvalue weighted by atomic mass is 16.5. The zero-order chi connectivity index (χ0) is 12.1. The van der Waals surface area contributed by atoms with Crippen molar-refractivity contribution in [2.24, 2.45) is 5.73 Å². The molecule has 0 amide bonds. The summed E-state index contributed by atoms with van der Waals surface area (Å²) in [6.07, 6.45) is 6.29. The molecule has 1 aliphatic rings. The number of rotatable bonds is 3. The average Bonchev–Trinajstić information content (AvgIpc) is 2.54. The summed E-state index contributed by atoms with van der Waals surface area (Å²) < 4.78 is 5.98. The van der Waals surface area contributed by atoms with Crippen LogP contribution in [0.25, 0.3) is 0 Å². The zero-order valence-electron chi connectivity index (χ0n) is 10.7. The van der Waals surface area contributed by atoms with Crippen LogP contribution in [0.3, 0.4) is 0 Å². The number of ether oxygens (including phenoxy) is 1. The first-order valence-corrected chi connectivity index (χ1v) is 6.68. The molecule has 94 valence electrons. The van der Waals surface area contributed by atoms with Gasteiger partial charge in [-0.15, -0.1) is 0 Å². The quantitative estimate of drug-likeness (QED) is 0.814. The molecule has 0 aromatic heterocycles. The SMILES string of the molecule is Cc1ccc(COC2CCCCCC2N)cc1. The third-order valence-electron chi connectivity index (χ3n) is 3.59. The predicted octanol–water partition coefficient (Wildman–Crippen LogP) is 3.17. The van der Waals surface area contributed by atoms with E-state index < -0.39 is 0 Å². The van der Waals surface area contributed by atoms with Gasteiger partial charge in [-0.25, -0.2) is 0 Å². The number of hydrogen-bond acceptors (Lipinski definition) is 2. The Hall–Kier alpha value is -0.860. The van der Waals surface area contributed by atoms with E-state index in [1.54, 1.807) is 0 Å². The molecule has 1 aromatic carbocycles. The lowest BCUT2D eigenvalue weighted by Gasteiger charge is -2.21. The highest BCUT2D eigenvalue weighted by Crippen LogP contribution is 2.20. The molecule has 2 unspecified atom stereocenters. The van der Waals surface area contributed by atoms with Gasteiger partial charge < -0.3 is 10.5 Å². The smallest absolute Gasteiger partial charge is 0.0730 e. The van der Waals surface area contributed by atoms with Crippen LogP contribution < -0.4 is 5.73 Å². The van der Waals surface area contributed by atoms with E-state index >= 15 is 0 Å². The van der Waals surface area contributed by atoms with Gasteiger partial charge in [-0.2, -0.15) is 0 Å². The van der Waals surface area contributed by atoms with Crippen LogP contribution in [0.4, 0.5) is 0 Å². The van der Waals surface area contributed by atoms with Crippen molar-refractivity contribution in [3.8, 4) is 0 Å². The summed E-state index contributed by atoms with van der Waals surface area (Å²) in [6.45, 7) is 2.80. The van der Waals surface area contributed by atoms with Crippen molar-refractivity contribution in [2.75, 3.05) is 0 Å². The van der Waals surface area contributed by atoms with Gasteiger partial charge in [-0.05, 0) is 25.3 Å². The van der Waals surface area contributed by atoms with Crippen molar-refractivity contribution in [2.45, 2.75) is 57.8 Å². The molecule has 0 heterocycles. The molecule has 2 rings (SSSR count). The van der Waals surface area contributed by atoms with Crippen LogP contribution >= 0.6 is 0 Å². The minimum Gasteiger partial charge on any atom is -0.372 e. The normalized spacial score (nSPS) is 25.5. The van der Waals surface area contributed by atoms with Gasteiger partial charge in [0.25, 0.3) is 0 Å². The highest BCUT2D eigenvalue weighted by Gasteiger charge is 2.20. The molecular formula is C15H23NO. The van der Waals surface area contributed by atoms with Crippen LogP contribution in [0.1, 0.15) is 43.2 Å². The fraction of sp³-hybridized carbons (Fsp3) is 0.600. The summed E-state index contributed by atoms with van der Waals surface area (Å²) in [6, 6.07) is 8.76. The molecule has 2 atom stereocenters. The van der Waals surface area contributed by atoms with Crippen molar-refractivity contribution in [3.05, 3.63) is 35.4 Å². The van der Waals surface area contributed by atoms with E-state index in [1.807, 2.05) is 0 Å². The maximum atomic E-state index is 6.14. The third kappa shape index (κ3) is 3.83. The van der Waals surface area contributed by atoms with Gasteiger partial charge in [0.2, 0.25) is 0 Å². The molecule has 2 nitrogen and oxygen atoms in total. The minimum atomic E-state index is 0.225. The highest BCUT2D eigenvalue weighted by molar-refractivity contribution is 5.20. The topological polar surface area (TPSA) is 35.2 Å². The molecule has 0 aliphatic heterocycles. The second kappa shape index (κ2) is 6.18. The molecule has 2 heteroatoms. The molecule has 0 spiro atoms. The van der Waals surface area contributed by atoms with E-state index in [0.29, 0.717) is 6.61 Å². The fourth-order valence-corrected chi connectivity index (χ4v) is 2.40. The van der Waals surface area contributed by atoms with Crippen molar-refractivity contribution < 1.29 is 4.74 Å². The first kappa shape index (κ1) is 12.6. The van der Waals surface area contributed by atoms with E-state index in [0.717, 1.165) is 12.8 Å². The van der Waals surface area contributed by atoms with Crippen LogP contribution in [0.15, 0.2) is 24.3 Å². The van der Waals surface area contributed by atoms with Gasteiger partial charge in [0.15, 0.2) is 0 Å². The van der Waals surface area contributed by atoms with E-state index in [-0.39, 0.29) is 12.1 Å². The second-order valence-electron chi connectivity index (χ2n) is 5.14. The summed E-state index contributed by atoms with van der Waals surface area (Å²) in [5.41, 5.74) is 8.68. The predicted molar refractivity (Wildman–Crippen MR) is 70.8 cm³/mol. The monoisotopic (exact) mass is 233 g/mol. The summed E-state index contributed by atoms with van der Waals surface area (Å²) in [5, 5.41) is 0. The lowest BCUT2D eigenvalue weighted by molar-refractivity contribution is 0.0194. The molecule has 1 fully saturated rings. The third-order valence-corrected chi connectivity index (χ3v) is 3.59. The van der Waals surface area contributed by atoms with Crippen LogP contribution in [-0.2, 0) is 11.3 Å². The Labute approximate surface area is 104 Å². The fourth-order valence-electron chi connectivity index (χ4n) is 2.40. The summed E-state index contributed by atoms with van der Waals surface area (Å²) in [7, 11) is 0. The Morgan fingerprint density at radius 1 is 1.12 bits per heavy atom. The van der Waals surface area contributed by atoms with E-state index in [4.69, 9.17) is 10.5 Å². The maximum absolute atomic E-state index is 6.14. The van der Waals surface area contributed by atoms with Crippen molar-refractivity contribution in [1.82, 2.24) is 0 Å². The molecule has 1 aromatic rings. The average molecular weight is 233 g/mol. The molecule has 1 saturated carbocycles. The van der Waals surface area contributed by atoms with E-state index in [1.165, 1.54) is 30.4 Å². The Bertz CT molecular complexity index is 333. The molecule has 0 bridgehead atoms. The van der Waals surface area contributed by atoms with Crippen LogP contribution in [-0.4, -0.2) is 12.1 Å². The lowest BCUT2D eigenvalue weighted by atomic mass is 10.1. The number of hydrogen-bond donors (Lipinski definition) is 1. The number of nitrogens with two attached hydrogens (primary N) is 1. The molecule has 2 N–H and O–H groups in total. The summed E-state index contributed by atoms with van der Waals surface area (Å²) >= 11 is 0. The zero-order valence-corrected chi connectivity index (χ0v) is 10.7. The van der Waals surface area contributed by atoms with Crippen molar-refractivity contribution in [3.63, 3.8) is 0 Å². The molecule has 1 aliphatic carbocycles. The van der Waals surface area contributed by atoms with Crippen LogP contribution in [0.5, 0.6) is 0 Å². The van der Waals surface area contributed by atoms with E-state index in [2.05, 4.69) is 31.2 Å². The van der Waals surface area contributed by atoms with E-state index in [9.17, 15) is 0 Å². The van der Waals surface area contributed by atoms with Crippen molar-refractivity contribution >= 4 is 0 Å². The minimum absolute atomic E-state index is 0.225. The van der Waals surface area contributed by atoms with Crippen molar-refractivity contribution in [1.29, 1.82) is 0 Å². The Morgan fingerprint density at radius 2 is 1.82 bits per heavy atom. The summed E-state index contributed by atoms with van der Waals surface area (Å²) in [4.78, 5) is 0. The lowest BCUT2D eigenvalue weighted by Crippen LogP contribution is -2.35. The Balaban J connectivity index is 1.85. The van der Waals surface area contributed by atoms with Gasteiger partial charge in [0, 0.05) is 6.04 Å².